The van der Waals surface area contributed by atoms with E-state index in [2.05, 4.69) is 5.32 Å². The second kappa shape index (κ2) is 4.43. The van der Waals surface area contributed by atoms with Crippen molar-refractivity contribution in [1.29, 1.82) is 0 Å². The van der Waals surface area contributed by atoms with E-state index in [1.54, 1.807) is 0 Å². The standard InChI is InChI=1S/C9H10F3NO/c1-13-9(4-14)5-2-7(11)8(12)3-6(5)10/h2-3,9,13-14H,4H2,1H3. The summed E-state index contributed by atoms with van der Waals surface area (Å²) in [5, 5.41) is 11.4. The number of hydrogen-bond donors (Lipinski definition) is 2. The third-order valence-corrected chi connectivity index (χ3v) is 1.95. The lowest BCUT2D eigenvalue weighted by Crippen LogP contribution is -2.21. The highest BCUT2D eigenvalue weighted by molar-refractivity contribution is 5.23. The molecule has 1 atom stereocenters. The predicted octanol–water partition coefficient (Wildman–Crippen LogP) is 1.36. The average molecular weight is 205 g/mol. The normalized spacial score (nSPS) is 12.9. The molecule has 0 fully saturated rings. The number of likely N-dealkylation sites (N-methyl/N-ethyl adjacent to an activating group) is 1. The van der Waals surface area contributed by atoms with Crippen LogP contribution >= 0.6 is 0 Å². The Bertz CT molecular complexity index is 326. The van der Waals surface area contributed by atoms with Gasteiger partial charge < -0.3 is 10.4 Å². The van der Waals surface area contributed by atoms with E-state index in [9.17, 15) is 13.2 Å². The first-order valence-corrected chi connectivity index (χ1v) is 4.02. The van der Waals surface area contributed by atoms with E-state index < -0.39 is 30.1 Å². The van der Waals surface area contributed by atoms with E-state index >= 15 is 0 Å². The highest BCUT2D eigenvalue weighted by Gasteiger charge is 2.16. The Morgan fingerprint density at radius 2 is 1.79 bits per heavy atom. The number of aliphatic hydroxyl groups is 1. The van der Waals surface area contributed by atoms with Crippen molar-refractivity contribution in [2.45, 2.75) is 6.04 Å². The molecule has 1 unspecified atom stereocenters. The van der Waals surface area contributed by atoms with E-state index in [1.165, 1.54) is 7.05 Å². The predicted molar refractivity (Wildman–Crippen MR) is 45.2 cm³/mol. The lowest BCUT2D eigenvalue weighted by atomic mass is 10.1. The Labute approximate surface area is 79.4 Å². The Morgan fingerprint density at radius 3 is 2.29 bits per heavy atom. The second-order valence-corrected chi connectivity index (χ2v) is 2.81. The van der Waals surface area contributed by atoms with Gasteiger partial charge >= 0.3 is 0 Å². The van der Waals surface area contributed by atoms with E-state index in [0.717, 1.165) is 6.07 Å². The summed E-state index contributed by atoms with van der Waals surface area (Å²) in [5.41, 5.74) is -0.0890. The molecule has 0 aliphatic heterocycles. The van der Waals surface area contributed by atoms with Crippen molar-refractivity contribution in [3.8, 4) is 0 Å². The van der Waals surface area contributed by atoms with E-state index in [1.807, 2.05) is 0 Å². The van der Waals surface area contributed by atoms with Gasteiger partial charge in [-0.25, -0.2) is 13.2 Å². The van der Waals surface area contributed by atoms with Crippen LogP contribution in [0.4, 0.5) is 13.2 Å². The number of hydrogen-bond acceptors (Lipinski definition) is 2. The third kappa shape index (κ3) is 2.05. The third-order valence-electron chi connectivity index (χ3n) is 1.95. The molecule has 2 nitrogen and oxygen atoms in total. The van der Waals surface area contributed by atoms with Gasteiger partial charge in [0.05, 0.1) is 12.6 Å². The maximum atomic E-state index is 13.1. The molecular weight excluding hydrogens is 195 g/mol. The molecule has 5 heteroatoms. The van der Waals surface area contributed by atoms with Crippen LogP contribution in [0.25, 0.3) is 0 Å². The van der Waals surface area contributed by atoms with Gasteiger partial charge in [0.25, 0.3) is 0 Å². The van der Waals surface area contributed by atoms with Gasteiger partial charge in [-0.3, -0.25) is 0 Å². The molecule has 0 aliphatic carbocycles. The summed E-state index contributed by atoms with van der Waals surface area (Å²) in [6.45, 7) is -0.390. The van der Waals surface area contributed by atoms with E-state index in [-0.39, 0.29) is 5.56 Å². The van der Waals surface area contributed by atoms with Crippen molar-refractivity contribution < 1.29 is 18.3 Å². The molecule has 0 saturated heterocycles. The van der Waals surface area contributed by atoms with Crippen LogP contribution < -0.4 is 5.32 Å². The van der Waals surface area contributed by atoms with Crippen LogP contribution in [-0.4, -0.2) is 18.8 Å². The molecule has 0 aliphatic rings. The summed E-state index contributed by atoms with van der Waals surface area (Å²) in [6, 6.07) is 0.470. The highest BCUT2D eigenvalue weighted by Crippen LogP contribution is 2.19. The molecule has 0 amide bonds. The quantitative estimate of drug-likeness (QED) is 0.730. The zero-order valence-electron chi connectivity index (χ0n) is 7.52. The van der Waals surface area contributed by atoms with Crippen LogP contribution in [0.3, 0.4) is 0 Å². The van der Waals surface area contributed by atoms with Gasteiger partial charge in [-0.05, 0) is 13.1 Å². The van der Waals surface area contributed by atoms with Crippen LogP contribution in [-0.2, 0) is 0 Å². The van der Waals surface area contributed by atoms with Crippen molar-refractivity contribution >= 4 is 0 Å². The zero-order chi connectivity index (χ0) is 10.7. The fourth-order valence-electron chi connectivity index (χ4n) is 1.15. The van der Waals surface area contributed by atoms with Crippen LogP contribution in [0.15, 0.2) is 12.1 Å². The highest BCUT2D eigenvalue weighted by atomic mass is 19.2. The number of benzene rings is 1. The maximum absolute atomic E-state index is 13.1. The lowest BCUT2D eigenvalue weighted by Gasteiger charge is -2.14. The maximum Gasteiger partial charge on any atom is 0.161 e. The van der Waals surface area contributed by atoms with E-state index in [4.69, 9.17) is 5.11 Å². The van der Waals surface area contributed by atoms with Gasteiger partial charge in [-0.1, -0.05) is 0 Å². The fraction of sp³-hybridized carbons (Fsp3) is 0.333. The molecule has 1 aromatic carbocycles. The van der Waals surface area contributed by atoms with Crippen molar-refractivity contribution in [3.63, 3.8) is 0 Å². The van der Waals surface area contributed by atoms with Gasteiger partial charge in [0.2, 0.25) is 0 Å². The average Bonchev–Trinajstić information content (AvgIpc) is 2.15. The minimum atomic E-state index is -1.24. The number of aliphatic hydroxyl groups excluding tert-OH is 1. The van der Waals surface area contributed by atoms with Gasteiger partial charge in [-0.15, -0.1) is 0 Å². The Kier molecular flexibility index (Phi) is 3.49. The molecule has 0 aromatic heterocycles. The van der Waals surface area contributed by atoms with Gasteiger partial charge in [-0.2, -0.15) is 0 Å². The number of halogens is 3. The summed E-state index contributed by atoms with van der Waals surface area (Å²) >= 11 is 0. The summed E-state index contributed by atoms with van der Waals surface area (Å²) in [4.78, 5) is 0. The summed E-state index contributed by atoms with van der Waals surface area (Å²) in [6.07, 6.45) is 0. The van der Waals surface area contributed by atoms with Gasteiger partial charge in [0.1, 0.15) is 5.82 Å². The molecule has 1 aromatic rings. The Morgan fingerprint density at radius 1 is 1.21 bits per heavy atom. The number of rotatable bonds is 3. The summed E-state index contributed by atoms with van der Waals surface area (Å²) in [7, 11) is 1.49. The first-order chi connectivity index (χ1) is 6.60. The van der Waals surface area contributed by atoms with E-state index in [0.29, 0.717) is 6.07 Å². The SMILES string of the molecule is CNC(CO)c1cc(F)c(F)cc1F. The Hall–Kier alpha value is -1.07. The van der Waals surface area contributed by atoms with Crippen molar-refractivity contribution in [1.82, 2.24) is 5.32 Å². The molecule has 1 rings (SSSR count). The van der Waals surface area contributed by atoms with Crippen LogP contribution in [0.5, 0.6) is 0 Å². The van der Waals surface area contributed by atoms with Crippen molar-refractivity contribution in [3.05, 3.63) is 35.1 Å². The van der Waals surface area contributed by atoms with Crippen molar-refractivity contribution in [2.75, 3.05) is 13.7 Å². The smallest absolute Gasteiger partial charge is 0.161 e. The lowest BCUT2D eigenvalue weighted by molar-refractivity contribution is 0.247. The largest absolute Gasteiger partial charge is 0.394 e. The molecule has 14 heavy (non-hydrogen) atoms. The molecule has 0 spiro atoms. The minimum absolute atomic E-state index is 0.0890. The van der Waals surface area contributed by atoms with Crippen LogP contribution in [0.2, 0.25) is 0 Å². The molecule has 0 bridgehead atoms. The van der Waals surface area contributed by atoms with Crippen molar-refractivity contribution in [2.24, 2.45) is 0 Å². The molecular formula is C9H10F3NO. The number of nitrogens with one attached hydrogen (secondary N) is 1. The molecule has 0 saturated carbocycles. The summed E-state index contributed by atoms with van der Waals surface area (Å²) < 4.78 is 38.4. The minimum Gasteiger partial charge on any atom is -0.394 e. The molecule has 0 radical (unpaired) electrons. The van der Waals surface area contributed by atoms with Gasteiger partial charge in [0.15, 0.2) is 11.6 Å². The van der Waals surface area contributed by atoms with Crippen LogP contribution in [0, 0.1) is 17.5 Å². The van der Waals surface area contributed by atoms with Crippen LogP contribution in [0.1, 0.15) is 11.6 Å². The fourth-order valence-corrected chi connectivity index (χ4v) is 1.15. The first-order valence-electron chi connectivity index (χ1n) is 4.02. The topological polar surface area (TPSA) is 32.3 Å². The first kappa shape index (κ1) is 11.0. The van der Waals surface area contributed by atoms with Gasteiger partial charge in [0, 0.05) is 11.6 Å². The second-order valence-electron chi connectivity index (χ2n) is 2.81. The monoisotopic (exact) mass is 205 g/mol. The summed E-state index contributed by atoms with van der Waals surface area (Å²) in [5.74, 6) is -3.24. The molecule has 0 heterocycles. The molecule has 2 N–H and O–H groups in total. The molecule has 78 valence electrons. The zero-order valence-corrected chi connectivity index (χ0v) is 7.52. The Balaban J connectivity index is 3.14.